The SMILES string of the molecule is CC(=O)N1CCC2(CC1)C(=O)N(c1ccc(C)nc1)CCN2Cc1ccccc1. The highest BCUT2D eigenvalue weighted by Crippen LogP contribution is 2.36. The van der Waals surface area contributed by atoms with Gasteiger partial charge in [-0.3, -0.25) is 19.5 Å². The number of nitrogens with zero attached hydrogens (tertiary/aromatic N) is 4. The highest BCUT2D eigenvalue weighted by molar-refractivity contribution is 6.01. The van der Waals surface area contributed by atoms with E-state index in [1.165, 1.54) is 5.56 Å². The van der Waals surface area contributed by atoms with E-state index in [1.54, 1.807) is 13.1 Å². The molecule has 1 spiro atoms. The lowest BCUT2D eigenvalue weighted by molar-refractivity contribution is -0.143. The number of pyridine rings is 1. The molecule has 0 unspecified atom stereocenters. The number of rotatable bonds is 3. The van der Waals surface area contributed by atoms with E-state index in [-0.39, 0.29) is 11.8 Å². The van der Waals surface area contributed by atoms with Crippen LogP contribution < -0.4 is 4.90 Å². The molecule has 0 bridgehead atoms. The fourth-order valence-corrected chi connectivity index (χ4v) is 4.54. The number of benzene rings is 1. The Morgan fingerprint density at radius 1 is 1.03 bits per heavy atom. The molecule has 29 heavy (non-hydrogen) atoms. The number of hydrogen-bond donors (Lipinski definition) is 0. The highest BCUT2D eigenvalue weighted by Gasteiger charge is 2.51. The topological polar surface area (TPSA) is 56.8 Å². The van der Waals surface area contributed by atoms with Crippen LogP contribution in [-0.4, -0.2) is 58.3 Å². The van der Waals surface area contributed by atoms with Crippen molar-refractivity contribution in [3.05, 3.63) is 59.9 Å². The lowest BCUT2D eigenvalue weighted by Crippen LogP contribution is -2.68. The third-order valence-corrected chi connectivity index (χ3v) is 6.30. The number of anilines is 1. The number of hydrogen-bond acceptors (Lipinski definition) is 4. The van der Waals surface area contributed by atoms with Crippen LogP contribution in [0, 0.1) is 6.92 Å². The maximum atomic E-state index is 13.8. The van der Waals surface area contributed by atoms with Gasteiger partial charge < -0.3 is 9.80 Å². The summed E-state index contributed by atoms with van der Waals surface area (Å²) in [4.78, 5) is 36.1. The molecule has 3 heterocycles. The normalized spacial score (nSPS) is 19.6. The molecule has 2 aliphatic heterocycles. The van der Waals surface area contributed by atoms with E-state index < -0.39 is 5.54 Å². The van der Waals surface area contributed by atoms with Crippen molar-refractivity contribution in [3.8, 4) is 0 Å². The Hall–Kier alpha value is -2.73. The summed E-state index contributed by atoms with van der Waals surface area (Å²) in [5.74, 6) is 0.214. The number of likely N-dealkylation sites (tertiary alicyclic amines) is 1. The predicted octanol–water partition coefficient (Wildman–Crippen LogP) is 2.62. The molecule has 6 heteroatoms. The first-order chi connectivity index (χ1) is 14.0. The van der Waals surface area contributed by atoms with Crippen molar-refractivity contribution in [2.45, 2.75) is 38.8 Å². The van der Waals surface area contributed by atoms with Crippen molar-refractivity contribution >= 4 is 17.5 Å². The van der Waals surface area contributed by atoms with E-state index in [0.717, 1.165) is 24.5 Å². The van der Waals surface area contributed by atoms with Crippen LogP contribution in [0.5, 0.6) is 0 Å². The molecule has 0 N–H and O–H groups in total. The van der Waals surface area contributed by atoms with E-state index in [4.69, 9.17) is 0 Å². The van der Waals surface area contributed by atoms with Gasteiger partial charge in [-0.2, -0.15) is 0 Å². The van der Waals surface area contributed by atoms with E-state index in [1.807, 2.05) is 47.1 Å². The van der Waals surface area contributed by atoms with Gasteiger partial charge in [0.25, 0.3) is 0 Å². The van der Waals surface area contributed by atoms with Gasteiger partial charge >= 0.3 is 0 Å². The molecule has 2 fully saturated rings. The number of carbonyl (C=O) groups excluding carboxylic acids is 2. The van der Waals surface area contributed by atoms with Crippen molar-refractivity contribution in [2.24, 2.45) is 0 Å². The van der Waals surface area contributed by atoms with E-state index in [9.17, 15) is 9.59 Å². The summed E-state index contributed by atoms with van der Waals surface area (Å²) >= 11 is 0. The number of aryl methyl sites for hydroxylation is 1. The molecule has 152 valence electrons. The van der Waals surface area contributed by atoms with Gasteiger partial charge in [-0.15, -0.1) is 0 Å². The summed E-state index contributed by atoms with van der Waals surface area (Å²) in [5.41, 5.74) is 2.42. The minimum atomic E-state index is -0.578. The fourth-order valence-electron chi connectivity index (χ4n) is 4.54. The summed E-state index contributed by atoms with van der Waals surface area (Å²) in [6.07, 6.45) is 3.11. The summed E-state index contributed by atoms with van der Waals surface area (Å²) < 4.78 is 0. The van der Waals surface area contributed by atoms with Gasteiger partial charge in [-0.25, -0.2) is 0 Å². The molecule has 1 aromatic carbocycles. The zero-order valence-corrected chi connectivity index (χ0v) is 17.2. The van der Waals surface area contributed by atoms with Gasteiger partial charge in [-0.05, 0) is 37.5 Å². The van der Waals surface area contributed by atoms with Crippen LogP contribution in [0.2, 0.25) is 0 Å². The molecule has 6 nitrogen and oxygen atoms in total. The summed E-state index contributed by atoms with van der Waals surface area (Å²) in [5, 5.41) is 0. The van der Waals surface area contributed by atoms with Crippen LogP contribution in [0.25, 0.3) is 0 Å². The molecule has 2 amide bonds. The molecule has 2 saturated heterocycles. The maximum Gasteiger partial charge on any atom is 0.247 e. The first-order valence-corrected chi connectivity index (χ1v) is 10.3. The van der Waals surface area contributed by atoms with Crippen LogP contribution in [0.3, 0.4) is 0 Å². The van der Waals surface area contributed by atoms with Gasteiger partial charge in [0.1, 0.15) is 5.54 Å². The quantitative estimate of drug-likeness (QED) is 0.806. The second-order valence-corrected chi connectivity index (χ2v) is 8.06. The van der Waals surface area contributed by atoms with E-state index in [2.05, 4.69) is 22.0 Å². The standard InChI is InChI=1S/C23H28N4O2/c1-18-8-9-21(16-24-18)27-15-14-26(17-20-6-4-3-5-7-20)23(22(27)29)10-12-25(13-11-23)19(2)28/h3-9,16H,10-15,17H2,1-2H3. The Balaban J connectivity index is 1.64. The predicted molar refractivity (Wildman–Crippen MR) is 112 cm³/mol. The molecule has 0 saturated carbocycles. The molecule has 2 aromatic rings. The van der Waals surface area contributed by atoms with Crippen molar-refractivity contribution in [2.75, 3.05) is 31.1 Å². The summed E-state index contributed by atoms with van der Waals surface area (Å²) in [6, 6.07) is 14.2. The van der Waals surface area contributed by atoms with Gasteiger partial charge in [0.15, 0.2) is 0 Å². The molecule has 0 atom stereocenters. The zero-order valence-electron chi connectivity index (χ0n) is 17.2. The first-order valence-electron chi connectivity index (χ1n) is 10.3. The molecule has 2 aliphatic rings. The number of carbonyl (C=O) groups is 2. The Labute approximate surface area is 172 Å². The van der Waals surface area contributed by atoms with Gasteiger partial charge in [0, 0.05) is 45.3 Å². The van der Waals surface area contributed by atoms with Crippen molar-refractivity contribution in [3.63, 3.8) is 0 Å². The number of amides is 2. The monoisotopic (exact) mass is 392 g/mol. The van der Waals surface area contributed by atoms with Gasteiger partial charge in [0.2, 0.25) is 11.8 Å². The van der Waals surface area contributed by atoms with Crippen LogP contribution >= 0.6 is 0 Å². The summed E-state index contributed by atoms with van der Waals surface area (Å²) in [6.45, 7) is 6.98. The van der Waals surface area contributed by atoms with Crippen LogP contribution in [0.4, 0.5) is 5.69 Å². The first kappa shape index (κ1) is 19.6. The third kappa shape index (κ3) is 3.77. The Bertz CT molecular complexity index is 874. The molecule has 0 radical (unpaired) electrons. The molecular formula is C23H28N4O2. The Kier molecular flexibility index (Phi) is 5.37. The minimum absolute atomic E-state index is 0.0808. The molecule has 0 aliphatic carbocycles. The van der Waals surface area contributed by atoms with Gasteiger partial charge in [-0.1, -0.05) is 30.3 Å². The lowest BCUT2D eigenvalue weighted by atomic mass is 9.81. The van der Waals surface area contributed by atoms with Gasteiger partial charge in [0.05, 0.1) is 11.9 Å². The Morgan fingerprint density at radius 2 is 1.76 bits per heavy atom. The molecule has 1 aromatic heterocycles. The lowest BCUT2D eigenvalue weighted by Gasteiger charge is -2.52. The largest absolute Gasteiger partial charge is 0.343 e. The number of piperidine rings is 1. The van der Waals surface area contributed by atoms with Crippen LogP contribution in [-0.2, 0) is 16.1 Å². The molecule has 4 rings (SSSR count). The minimum Gasteiger partial charge on any atom is -0.343 e. The third-order valence-electron chi connectivity index (χ3n) is 6.30. The zero-order chi connectivity index (χ0) is 20.4. The average Bonchev–Trinajstić information content (AvgIpc) is 2.74. The second kappa shape index (κ2) is 7.95. The summed E-state index contributed by atoms with van der Waals surface area (Å²) in [7, 11) is 0. The van der Waals surface area contributed by atoms with Crippen molar-refractivity contribution < 1.29 is 9.59 Å². The van der Waals surface area contributed by atoms with Crippen LogP contribution in [0.1, 0.15) is 31.0 Å². The average molecular weight is 393 g/mol. The Morgan fingerprint density at radius 3 is 2.38 bits per heavy atom. The highest BCUT2D eigenvalue weighted by atomic mass is 16.2. The smallest absolute Gasteiger partial charge is 0.247 e. The second-order valence-electron chi connectivity index (χ2n) is 8.06. The van der Waals surface area contributed by atoms with Crippen molar-refractivity contribution in [1.29, 1.82) is 0 Å². The number of piperazine rings is 1. The molecular weight excluding hydrogens is 364 g/mol. The fraction of sp³-hybridized carbons (Fsp3) is 0.435. The van der Waals surface area contributed by atoms with E-state index in [0.29, 0.717) is 32.5 Å². The van der Waals surface area contributed by atoms with Crippen molar-refractivity contribution in [1.82, 2.24) is 14.8 Å². The number of aromatic nitrogens is 1. The van der Waals surface area contributed by atoms with E-state index >= 15 is 0 Å². The van der Waals surface area contributed by atoms with Crippen LogP contribution in [0.15, 0.2) is 48.7 Å². The maximum absolute atomic E-state index is 13.8.